The van der Waals surface area contributed by atoms with Crippen molar-refractivity contribution in [3.8, 4) is 0 Å². The Labute approximate surface area is 112 Å². The molecule has 104 valence electrons. The molecule has 1 unspecified atom stereocenters. The lowest BCUT2D eigenvalue weighted by Gasteiger charge is -2.33. The number of ether oxygens (including phenoxy) is 1. The lowest BCUT2D eigenvalue weighted by atomic mass is 10.1. The van der Waals surface area contributed by atoms with Crippen molar-refractivity contribution in [2.75, 3.05) is 33.3 Å². The number of nitrogens with one attached hydrogen (secondary N) is 1. The molecule has 0 saturated carbocycles. The number of nitrogens with zero attached hydrogens (tertiary/aromatic N) is 1. The lowest BCUT2D eigenvalue weighted by Crippen LogP contribution is -2.48. The number of likely N-dealkylation sites (N-methyl/N-ethyl adjacent to an activating group) is 1. The molecule has 1 N–H and O–H groups in total. The number of amides is 1. The minimum atomic E-state index is -0.239. The standard InChI is InChI=1S/C14H19FN2O2/c1-16-9-14(18)17-5-6-19-13(10-17)8-11-3-2-4-12(15)7-11/h2-4,7,13,16H,5-6,8-10H2,1H3. The summed E-state index contributed by atoms with van der Waals surface area (Å²) < 4.78 is 18.8. The first-order valence-corrected chi connectivity index (χ1v) is 6.47. The molecule has 1 aromatic carbocycles. The van der Waals surface area contributed by atoms with Gasteiger partial charge in [-0.2, -0.15) is 0 Å². The van der Waals surface area contributed by atoms with E-state index in [-0.39, 0.29) is 17.8 Å². The summed E-state index contributed by atoms with van der Waals surface area (Å²) in [6.45, 7) is 2.07. The summed E-state index contributed by atoms with van der Waals surface area (Å²) in [7, 11) is 1.75. The molecule has 1 aliphatic rings. The van der Waals surface area contributed by atoms with Crippen LogP contribution in [-0.2, 0) is 16.0 Å². The Morgan fingerprint density at radius 1 is 1.58 bits per heavy atom. The molecule has 1 amide bonds. The molecule has 0 spiro atoms. The Balaban J connectivity index is 1.92. The number of hydrogen-bond donors (Lipinski definition) is 1. The predicted octanol–water partition coefficient (Wildman–Crippen LogP) is 0.815. The minimum Gasteiger partial charge on any atom is -0.374 e. The highest BCUT2D eigenvalue weighted by atomic mass is 19.1. The van der Waals surface area contributed by atoms with Gasteiger partial charge in [0.2, 0.25) is 5.91 Å². The van der Waals surface area contributed by atoms with Gasteiger partial charge in [-0.1, -0.05) is 12.1 Å². The molecule has 0 bridgehead atoms. The van der Waals surface area contributed by atoms with Gasteiger partial charge in [0.1, 0.15) is 5.82 Å². The van der Waals surface area contributed by atoms with Gasteiger partial charge < -0.3 is 15.0 Å². The molecule has 4 nitrogen and oxygen atoms in total. The first-order valence-electron chi connectivity index (χ1n) is 6.47. The van der Waals surface area contributed by atoms with Crippen molar-refractivity contribution in [2.45, 2.75) is 12.5 Å². The van der Waals surface area contributed by atoms with Crippen LogP contribution in [0.4, 0.5) is 4.39 Å². The van der Waals surface area contributed by atoms with Crippen LogP contribution >= 0.6 is 0 Å². The maximum atomic E-state index is 13.1. The summed E-state index contributed by atoms with van der Waals surface area (Å²) in [6.07, 6.45) is 0.567. The van der Waals surface area contributed by atoms with E-state index in [1.807, 2.05) is 6.07 Å². The fraction of sp³-hybridized carbons (Fsp3) is 0.500. The van der Waals surface area contributed by atoms with Gasteiger partial charge in [-0.3, -0.25) is 4.79 Å². The number of carbonyl (C=O) groups excluding carboxylic acids is 1. The summed E-state index contributed by atoms with van der Waals surface area (Å²) in [5.41, 5.74) is 0.896. The monoisotopic (exact) mass is 266 g/mol. The maximum absolute atomic E-state index is 13.1. The maximum Gasteiger partial charge on any atom is 0.236 e. The van der Waals surface area contributed by atoms with Gasteiger partial charge in [-0.25, -0.2) is 4.39 Å². The van der Waals surface area contributed by atoms with E-state index in [1.54, 1.807) is 18.0 Å². The van der Waals surface area contributed by atoms with Gasteiger partial charge in [0, 0.05) is 19.5 Å². The van der Waals surface area contributed by atoms with Crippen LogP contribution in [0, 0.1) is 5.82 Å². The van der Waals surface area contributed by atoms with Crippen molar-refractivity contribution in [1.82, 2.24) is 10.2 Å². The van der Waals surface area contributed by atoms with E-state index in [4.69, 9.17) is 4.74 Å². The van der Waals surface area contributed by atoms with Crippen LogP contribution in [0.25, 0.3) is 0 Å². The SMILES string of the molecule is CNCC(=O)N1CCOC(Cc2cccc(F)c2)C1. The Morgan fingerprint density at radius 3 is 3.16 bits per heavy atom. The van der Waals surface area contributed by atoms with E-state index in [1.165, 1.54) is 12.1 Å². The largest absolute Gasteiger partial charge is 0.374 e. The molecule has 0 radical (unpaired) electrons. The van der Waals surface area contributed by atoms with Crippen molar-refractivity contribution in [3.63, 3.8) is 0 Å². The Kier molecular flexibility index (Phi) is 4.87. The number of benzene rings is 1. The molecule has 0 aliphatic carbocycles. The molecule has 1 fully saturated rings. The molecule has 1 atom stereocenters. The summed E-state index contributed by atoms with van der Waals surface area (Å²) in [5.74, 6) is -0.161. The van der Waals surface area contributed by atoms with Crippen molar-refractivity contribution >= 4 is 5.91 Å². The lowest BCUT2D eigenvalue weighted by molar-refractivity contribution is -0.137. The molecule has 1 aliphatic heterocycles. The molecular formula is C14H19FN2O2. The van der Waals surface area contributed by atoms with Gasteiger partial charge in [-0.05, 0) is 24.7 Å². The van der Waals surface area contributed by atoms with Crippen LogP contribution in [0.2, 0.25) is 0 Å². The van der Waals surface area contributed by atoms with Crippen LogP contribution in [0.15, 0.2) is 24.3 Å². The highest BCUT2D eigenvalue weighted by Gasteiger charge is 2.23. The van der Waals surface area contributed by atoms with Crippen LogP contribution in [-0.4, -0.2) is 50.2 Å². The Hall–Kier alpha value is -1.46. The highest BCUT2D eigenvalue weighted by molar-refractivity contribution is 5.78. The molecule has 0 aromatic heterocycles. The second-order valence-electron chi connectivity index (χ2n) is 4.70. The second kappa shape index (κ2) is 6.63. The predicted molar refractivity (Wildman–Crippen MR) is 70.4 cm³/mol. The van der Waals surface area contributed by atoms with Crippen LogP contribution < -0.4 is 5.32 Å². The van der Waals surface area contributed by atoms with E-state index in [2.05, 4.69) is 5.32 Å². The van der Waals surface area contributed by atoms with Crippen molar-refractivity contribution in [3.05, 3.63) is 35.6 Å². The van der Waals surface area contributed by atoms with Crippen LogP contribution in [0.1, 0.15) is 5.56 Å². The molecule has 1 saturated heterocycles. The van der Waals surface area contributed by atoms with Crippen molar-refractivity contribution in [1.29, 1.82) is 0 Å². The molecule has 1 heterocycles. The van der Waals surface area contributed by atoms with Gasteiger partial charge in [-0.15, -0.1) is 0 Å². The highest BCUT2D eigenvalue weighted by Crippen LogP contribution is 2.13. The zero-order chi connectivity index (χ0) is 13.7. The number of hydrogen-bond acceptors (Lipinski definition) is 3. The van der Waals surface area contributed by atoms with Gasteiger partial charge in [0.05, 0.1) is 19.3 Å². The molecule has 2 rings (SSSR count). The smallest absolute Gasteiger partial charge is 0.236 e. The third kappa shape index (κ3) is 4.01. The minimum absolute atomic E-state index is 0.0589. The van der Waals surface area contributed by atoms with E-state index >= 15 is 0 Å². The van der Waals surface area contributed by atoms with Crippen molar-refractivity contribution in [2.24, 2.45) is 0 Å². The molecule has 5 heteroatoms. The summed E-state index contributed by atoms with van der Waals surface area (Å²) in [6, 6.07) is 6.50. The summed E-state index contributed by atoms with van der Waals surface area (Å²) >= 11 is 0. The van der Waals surface area contributed by atoms with Crippen LogP contribution in [0.5, 0.6) is 0 Å². The zero-order valence-corrected chi connectivity index (χ0v) is 11.1. The van der Waals surface area contributed by atoms with Crippen molar-refractivity contribution < 1.29 is 13.9 Å². The first kappa shape index (κ1) is 14.0. The topological polar surface area (TPSA) is 41.6 Å². The fourth-order valence-electron chi connectivity index (χ4n) is 2.26. The number of carbonyl (C=O) groups is 1. The zero-order valence-electron chi connectivity index (χ0n) is 11.1. The number of morpholine rings is 1. The first-order chi connectivity index (χ1) is 9.19. The van der Waals surface area contributed by atoms with E-state index in [9.17, 15) is 9.18 Å². The third-order valence-electron chi connectivity index (χ3n) is 3.17. The fourth-order valence-corrected chi connectivity index (χ4v) is 2.26. The second-order valence-corrected chi connectivity index (χ2v) is 4.70. The van der Waals surface area contributed by atoms with E-state index < -0.39 is 0 Å². The molecule has 1 aromatic rings. The van der Waals surface area contributed by atoms with Gasteiger partial charge >= 0.3 is 0 Å². The molecular weight excluding hydrogens is 247 g/mol. The van der Waals surface area contributed by atoms with E-state index in [0.717, 1.165) is 5.56 Å². The average molecular weight is 266 g/mol. The number of halogens is 1. The normalized spacial score (nSPS) is 19.5. The number of rotatable bonds is 4. The average Bonchev–Trinajstić information content (AvgIpc) is 2.39. The third-order valence-corrected chi connectivity index (χ3v) is 3.17. The van der Waals surface area contributed by atoms with E-state index in [0.29, 0.717) is 32.7 Å². The quantitative estimate of drug-likeness (QED) is 0.877. The van der Waals surface area contributed by atoms with Crippen LogP contribution in [0.3, 0.4) is 0 Å². The molecule has 19 heavy (non-hydrogen) atoms. The Bertz CT molecular complexity index is 439. The van der Waals surface area contributed by atoms with Gasteiger partial charge in [0.25, 0.3) is 0 Å². The summed E-state index contributed by atoms with van der Waals surface area (Å²) in [4.78, 5) is 13.6. The Morgan fingerprint density at radius 2 is 2.42 bits per heavy atom. The van der Waals surface area contributed by atoms with Gasteiger partial charge in [0.15, 0.2) is 0 Å². The summed E-state index contributed by atoms with van der Waals surface area (Å²) in [5, 5.41) is 2.86.